The van der Waals surface area contributed by atoms with Crippen LogP contribution < -0.4 is 11.1 Å². The average molecular weight is 349 g/mol. The van der Waals surface area contributed by atoms with Gasteiger partial charge < -0.3 is 15.8 Å². The molecule has 0 spiro atoms. The largest absolute Gasteiger partial charge is 0.465 e. The van der Waals surface area contributed by atoms with Crippen molar-refractivity contribution >= 4 is 33.3 Å². The van der Waals surface area contributed by atoms with Gasteiger partial charge in [0.05, 0.1) is 24.0 Å². The van der Waals surface area contributed by atoms with Crippen LogP contribution in [-0.4, -0.2) is 13.1 Å². The quantitative estimate of drug-likeness (QED) is 0.647. The van der Waals surface area contributed by atoms with Gasteiger partial charge in [-0.2, -0.15) is 0 Å². The number of carbonyl (C=O) groups excluding carboxylic acids is 1. The van der Waals surface area contributed by atoms with Crippen LogP contribution in [0, 0.1) is 0 Å². The van der Waals surface area contributed by atoms with Crippen LogP contribution in [0.4, 0.5) is 11.4 Å². The molecule has 0 saturated heterocycles. The molecule has 0 fully saturated rings. The number of nitrogens with two attached hydrogens (primary N) is 1. The minimum atomic E-state index is -0.439. The lowest BCUT2D eigenvalue weighted by Gasteiger charge is -2.18. The van der Waals surface area contributed by atoms with Crippen LogP contribution in [0.15, 0.2) is 46.9 Å². The molecule has 0 amide bonds. The number of halogens is 1. The van der Waals surface area contributed by atoms with Gasteiger partial charge in [0, 0.05) is 10.5 Å². The monoisotopic (exact) mass is 348 g/mol. The first-order valence-electron chi connectivity index (χ1n) is 6.51. The normalized spacial score (nSPS) is 11.8. The molecule has 0 aromatic heterocycles. The Morgan fingerprint density at radius 2 is 2.00 bits per heavy atom. The van der Waals surface area contributed by atoms with Crippen LogP contribution in [0.25, 0.3) is 0 Å². The first-order chi connectivity index (χ1) is 10.0. The van der Waals surface area contributed by atoms with E-state index in [4.69, 9.17) is 10.5 Å². The van der Waals surface area contributed by atoms with Gasteiger partial charge in [0.15, 0.2) is 0 Å². The van der Waals surface area contributed by atoms with Crippen molar-refractivity contribution in [2.75, 3.05) is 18.2 Å². The summed E-state index contributed by atoms with van der Waals surface area (Å²) in [7, 11) is 1.34. The van der Waals surface area contributed by atoms with Crippen molar-refractivity contribution in [1.29, 1.82) is 0 Å². The molecule has 2 rings (SSSR count). The van der Waals surface area contributed by atoms with Gasteiger partial charge >= 0.3 is 5.97 Å². The summed E-state index contributed by atoms with van der Waals surface area (Å²) in [6.45, 7) is 2.03. The lowest BCUT2D eigenvalue weighted by Crippen LogP contribution is -2.12. The Morgan fingerprint density at radius 1 is 1.29 bits per heavy atom. The Morgan fingerprint density at radius 3 is 2.67 bits per heavy atom. The topological polar surface area (TPSA) is 64.3 Å². The number of carbonyl (C=O) groups is 1. The molecule has 4 nitrogen and oxygen atoms in total. The van der Waals surface area contributed by atoms with Crippen molar-refractivity contribution in [3.8, 4) is 0 Å². The van der Waals surface area contributed by atoms with Crippen LogP contribution in [0.5, 0.6) is 0 Å². The predicted octanol–water partition coefficient (Wildman–Crippen LogP) is 3.99. The van der Waals surface area contributed by atoms with E-state index >= 15 is 0 Å². The van der Waals surface area contributed by atoms with Gasteiger partial charge in [-0.15, -0.1) is 0 Å². The molecule has 0 heterocycles. The Labute approximate surface area is 132 Å². The van der Waals surface area contributed by atoms with Crippen molar-refractivity contribution in [3.05, 3.63) is 58.1 Å². The van der Waals surface area contributed by atoms with Crippen LogP contribution in [-0.2, 0) is 4.74 Å². The van der Waals surface area contributed by atoms with Gasteiger partial charge in [0.1, 0.15) is 0 Å². The number of hydrogen-bond donors (Lipinski definition) is 2. The first kappa shape index (κ1) is 15.4. The SMILES string of the molecule is COC(=O)c1cccc(NC(C)c2cccc(Br)c2)c1N. The minimum Gasteiger partial charge on any atom is -0.465 e. The highest BCUT2D eigenvalue weighted by molar-refractivity contribution is 9.10. The molecular formula is C16H17BrN2O2. The Balaban J connectivity index is 2.25. The van der Waals surface area contributed by atoms with Crippen molar-refractivity contribution < 1.29 is 9.53 Å². The molecule has 3 N–H and O–H groups in total. The lowest BCUT2D eigenvalue weighted by molar-refractivity contribution is 0.0602. The lowest BCUT2D eigenvalue weighted by atomic mass is 10.1. The van der Waals surface area contributed by atoms with E-state index in [2.05, 4.69) is 21.2 Å². The third-order valence-electron chi connectivity index (χ3n) is 3.23. The summed E-state index contributed by atoms with van der Waals surface area (Å²) in [4.78, 5) is 11.7. The van der Waals surface area contributed by atoms with Crippen LogP contribution in [0.1, 0.15) is 28.9 Å². The molecule has 0 aliphatic heterocycles. The standard InChI is InChI=1S/C16H17BrN2O2/c1-10(11-5-3-6-12(17)9-11)19-14-8-4-7-13(15(14)18)16(20)21-2/h3-10,19H,18H2,1-2H3. The van der Waals surface area contributed by atoms with Crippen LogP contribution >= 0.6 is 15.9 Å². The third kappa shape index (κ3) is 3.55. The zero-order valence-electron chi connectivity index (χ0n) is 11.9. The van der Waals surface area contributed by atoms with E-state index in [1.54, 1.807) is 12.1 Å². The molecule has 1 unspecified atom stereocenters. The number of anilines is 2. The summed E-state index contributed by atoms with van der Waals surface area (Å²) in [6, 6.07) is 13.3. The average Bonchev–Trinajstić information content (AvgIpc) is 2.48. The molecule has 0 bridgehead atoms. The van der Waals surface area contributed by atoms with Gasteiger partial charge in [-0.3, -0.25) is 0 Å². The van der Waals surface area contributed by atoms with Gasteiger partial charge in [0.25, 0.3) is 0 Å². The van der Waals surface area contributed by atoms with Gasteiger partial charge in [-0.05, 0) is 36.8 Å². The Kier molecular flexibility index (Phi) is 4.85. The van der Waals surface area contributed by atoms with E-state index in [-0.39, 0.29) is 6.04 Å². The van der Waals surface area contributed by atoms with E-state index in [0.717, 1.165) is 10.0 Å². The number of methoxy groups -OCH3 is 1. The van der Waals surface area contributed by atoms with Gasteiger partial charge in [-0.25, -0.2) is 4.79 Å². The summed E-state index contributed by atoms with van der Waals surface area (Å²) in [5.41, 5.74) is 8.63. The number of hydrogen-bond acceptors (Lipinski definition) is 4. The molecule has 110 valence electrons. The highest BCUT2D eigenvalue weighted by Crippen LogP contribution is 2.28. The molecule has 2 aromatic rings. The van der Waals surface area contributed by atoms with E-state index in [9.17, 15) is 4.79 Å². The fourth-order valence-electron chi connectivity index (χ4n) is 2.07. The molecule has 21 heavy (non-hydrogen) atoms. The number of esters is 1. The number of ether oxygens (including phenoxy) is 1. The zero-order valence-corrected chi connectivity index (χ0v) is 13.5. The highest BCUT2D eigenvalue weighted by atomic mass is 79.9. The summed E-state index contributed by atoms with van der Waals surface area (Å²) in [5.74, 6) is -0.439. The van der Waals surface area contributed by atoms with Crippen LogP contribution in [0.3, 0.4) is 0 Å². The van der Waals surface area contributed by atoms with Crippen molar-refractivity contribution in [1.82, 2.24) is 0 Å². The molecule has 2 aromatic carbocycles. The highest BCUT2D eigenvalue weighted by Gasteiger charge is 2.14. The summed E-state index contributed by atoms with van der Waals surface area (Å²) in [6.07, 6.45) is 0. The van der Waals surface area contributed by atoms with Gasteiger partial charge in [0.2, 0.25) is 0 Å². The molecular weight excluding hydrogens is 332 g/mol. The number of nitrogens with one attached hydrogen (secondary N) is 1. The molecule has 1 atom stereocenters. The smallest absolute Gasteiger partial charge is 0.340 e. The van der Waals surface area contributed by atoms with E-state index < -0.39 is 5.97 Å². The predicted molar refractivity (Wildman–Crippen MR) is 88.4 cm³/mol. The number of benzene rings is 2. The van der Waals surface area contributed by atoms with Crippen LogP contribution in [0.2, 0.25) is 0 Å². The summed E-state index contributed by atoms with van der Waals surface area (Å²) < 4.78 is 5.74. The Hall–Kier alpha value is -2.01. The minimum absolute atomic E-state index is 0.0534. The second-order valence-electron chi connectivity index (χ2n) is 4.68. The first-order valence-corrected chi connectivity index (χ1v) is 7.31. The molecule has 5 heteroatoms. The third-order valence-corrected chi connectivity index (χ3v) is 3.73. The molecule has 0 radical (unpaired) electrons. The van der Waals surface area contributed by atoms with Crippen molar-refractivity contribution in [3.63, 3.8) is 0 Å². The molecule has 0 aliphatic rings. The molecule has 0 saturated carbocycles. The van der Waals surface area contributed by atoms with Crippen molar-refractivity contribution in [2.45, 2.75) is 13.0 Å². The second-order valence-corrected chi connectivity index (χ2v) is 5.60. The Bertz CT molecular complexity index is 658. The number of nitrogen functional groups attached to an aromatic ring is 1. The summed E-state index contributed by atoms with van der Waals surface area (Å²) >= 11 is 3.46. The van der Waals surface area contributed by atoms with E-state index in [0.29, 0.717) is 16.9 Å². The maximum atomic E-state index is 11.7. The summed E-state index contributed by atoms with van der Waals surface area (Å²) in [5, 5.41) is 3.32. The van der Waals surface area contributed by atoms with Crippen molar-refractivity contribution in [2.24, 2.45) is 0 Å². The number of rotatable bonds is 4. The fourth-order valence-corrected chi connectivity index (χ4v) is 2.49. The fraction of sp³-hybridized carbons (Fsp3) is 0.188. The number of para-hydroxylation sites is 1. The zero-order chi connectivity index (χ0) is 15.4. The molecule has 0 aliphatic carbocycles. The van der Waals surface area contributed by atoms with E-state index in [1.807, 2.05) is 37.3 Å². The van der Waals surface area contributed by atoms with Gasteiger partial charge in [-0.1, -0.05) is 34.1 Å². The second kappa shape index (κ2) is 6.63. The maximum absolute atomic E-state index is 11.7. The maximum Gasteiger partial charge on any atom is 0.340 e. The van der Waals surface area contributed by atoms with E-state index in [1.165, 1.54) is 7.11 Å².